The Kier molecular flexibility index (Phi) is 9.15. The maximum Gasteiger partial charge on any atom is 0.338 e. The first-order valence-corrected chi connectivity index (χ1v) is 13.1. The zero-order valence-electron chi connectivity index (χ0n) is 22.0. The summed E-state index contributed by atoms with van der Waals surface area (Å²) < 4.78 is 29.4. The van der Waals surface area contributed by atoms with E-state index in [-0.39, 0.29) is 13.2 Å². The van der Waals surface area contributed by atoms with Gasteiger partial charge in [-0.25, -0.2) is 14.4 Å². The lowest BCUT2D eigenvalue weighted by Gasteiger charge is -2.24. The van der Waals surface area contributed by atoms with E-state index >= 15 is 0 Å². The first-order chi connectivity index (χ1) is 20.1. The van der Waals surface area contributed by atoms with Gasteiger partial charge in [0, 0.05) is 0 Å². The Balaban J connectivity index is 1.40. The molecule has 1 fully saturated rings. The average molecular weight is 553 g/mol. The first-order valence-electron chi connectivity index (χ1n) is 13.1. The summed E-state index contributed by atoms with van der Waals surface area (Å²) in [4.78, 5) is 38.9. The van der Waals surface area contributed by atoms with Crippen LogP contribution in [0.4, 0.5) is 0 Å². The van der Waals surface area contributed by atoms with E-state index in [1.807, 2.05) is 30.3 Å². The number of esters is 3. The van der Waals surface area contributed by atoms with E-state index in [4.69, 9.17) is 23.7 Å². The molecule has 4 aromatic rings. The van der Waals surface area contributed by atoms with Crippen molar-refractivity contribution < 1.29 is 38.1 Å². The Bertz CT molecular complexity index is 1430. The normalized spacial score (nSPS) is 19.7. The number of hydrogen-bond acceptors (Lipinski definition) is 8. The molecule has 5 rings (SSSR count). The largest absolute Gasteiger partial charge is 0.459 e. The van der Waals surface area contributed by atoms with Crippen LogP contribution in [0, 0.1) is 0 Å². The summed E-state index contributed by atoms with van der Waals surface area (Å²) in [6.45, 7) is -0.133. The molecule has 0 amide bonds. The molecule has 41 heavy (non-hydrogen) atoms. The highest BCUT2D eigenvalue weighted by atomic mass is 16.7. The van der Waals surface area contributed by atoms with Crippen LogP contribution in [0.1, 0.15) is 36.6 Å². The second-order valence-corrected chi connectivity index (χ2v) is 9.28. The molecule has 0 aliphatic carbocycles. The molecule has 1 heterocycles. The molecule has 0 saturated carbocycles. The molecule has 8 nitrogen and oxygen atoms in total. The van der Waals surface area contributed by atoms with Crippen LogP contribution in [0.15, 0.2) is 121 Å². The minimum absolute atomic E-state index is 0.140. The Hall–Kier alpha value is -4.79. The van der Waals surface area contributed by atoms with E-state index in [0.29, 0.717) is 16.7 Å². The predicted molar refractivity (Wildman–Crippen MR) is 148 cm³/mol. The summed E-state index contributed by atoms with van der Waals surface area (Å²) >= 11 is 0. The third-order valence-corrected chi connectivity index (χ3v) is 6.42. The Morgan fingerprint density at radius 1 is 0.561 bits per heavy atom. The molecule has 0 bridgehead atoms. The van der Waals surface area contributed by atoms with Gasteiger partial charge in [-0.05, 0) is 42.0 Å². The summed E-state index contributed by atoms with van der Waals surface area (Å²) in [6, 6.07) is 34.7. The van der Waals surface area contributed by atoms with Crippen molar-refractivity contribution in [3.8, 4) is 0 Å². The summed E-state index contributed by atoms with van der Waals surface area (Å²) in [7, 11) is 0. The standard InChI is InChI=1S/C33H28O8/c34-30(24-15-7-2-8-16-24)37-22-27-28(40-31(35)25-17-9-3-10-18-25)29(41-32(36)26-19-11-4-12-20-26)33(39-27)38-21-23-13-5-1-6-14-23/h1-20,27-29,33H,21-22H2/t27-,28-,29+,33+/m1/s1. The molecule has 1 aliphatic rings. The van der Waals surface area contributed by atoms with E-state index in [0.717, 1.165) is 5.56 Å². The van der Waals surface area contributed by atoms with Crippen molar-refractivity contribution in [2.45, 2.75) is 31.2 Å². The molecule has 1 aliphatic heterocycles. The van der Waals surface area contributed by atoms with Crippen molar-refractivity contribution in [2.75, 3.05) is 6.61 Å². The molecule has 0 aromatic heterocycles. The lowest BCUT2D eigenvalue weighted by atomic mass is 10.1. The van der Waals surface area contributed by atoms with Gasteiger partial charge in [-0.15, -0.1) is 0 Å². The van der Waals surface area contributed by atoms with E-state index in [9.17, 15) is 14.4 Å². The highest BCUT2D eigenvalue weighted by Crippen LogP contribution is 2.30. The number of hydrogen-bond donors (Lipinski definition) is 0. The van der Waals surface area contributed by atoms with Crippen LogP contribution in [0.3, 0.4) is 0 Å². The molecule has 0 radical (unpaired) electrons. The van der Waals surface area contributed by atoms with Gasteiger partial charge in [0.05, 0.1) is 23.3 Å². The fraction of sp³-hybridized carbons (Fsp3) is 0.182. The third kappa shape index (κ3) is 7.25. The quantitative estimate of drug-likeness (QED) is 0.195. The fourth-order valence-corrected chi connectivity index (χ4v) is 4.33. The van der Waals surface area contributed by atoms with E-state index < -0.39 is 42.5 Å². The van der Waals surface area contributed by atoms with Crippen LogP contribution < -0.4 is 0 Å². The minimum atomic E-state index is -1.15. The number of ether oxygens (including phenoxy) is 5. The number of carbonyl (C=O) groups excluding carboxylic acids is 3. The average Bonchev–Trinajstić information content (AvgIpc) is 3.35. The summed E-state index contributed by atoms with van der Waals surface area (Å²) in [6.07, 6.45) is -4.39. The topological polar surface area (TPSA) is 97.4 Å². The molecular formula is C33H28O8. The van der Waals surface area contributed by atoms with Gasteiger partial charge < -0.3 is 23.7 Å². The molecule has 8 heteroatoms. The van der Waals surface area contributed by atoms with E-state index in [1.54, 1.807) is 91.0 Å². The van der Waals surface area contributed by atoms with E-state index in [1.165, 1.54) is 0 Å². The van der Waals surface area contributed by atoms with Crippen molar-refractivity contribution in [2.24, 2.45) is 0 Å². The van der Waals surface area contributed by atoms with Crippen LogP contribution >= 0.6 is 0 Å². The Morgan fingerprint density at radius 2 is 1.00 bits per heavy atom. The van der Waals surface area contributed by atoms with Crippen LogP contribution in [-0.2, 0) is 30.3 Å². The lowest BCUT2D eigenvalue weighted by Crippen LogP contribution is -2.42. The highest BCUT2D eigenvalue weighted by Gasteiger charge is 2.51. The highest BCUT2D eigenvalue weighted by molar-refractivity contribution is 5.91. The predicted octanol–water partition coefficient (Wildman–Crippen LogP) is 5.24. The van der Waals surface area contributed by atoms with E-state index in [2.05, 4.69) is 0 Å². The number of carbonyl (C=O) groups is 3. The van der Waals surface area contributed by atoms with Crippen molar-refractivity contribution in [3.05, 3.63) is 144 Å². The van der Waals surface area contributed by atoms with Gasteiger partial charge in [-0.2, -0.15) is 0 Å². The maximum absolute atomic E-state index is 13.1. The lowest BCUT2D eigenvalue weighted by molar-refractivity contribution is -0.176. The molecule has 4 atom stereocenters. The molecular weight excluding hydrogens is 524 g/mol. The fourth-order valence-electron chi connectivity index (χ4n) is 4.33. The van der Waals surface area contributed by atoms with Crippen molar-refractivity contribution in [3.63, 3.8) is 0 Å². The smallest absolute Gasteiger partial charge is 0.338 e. The second-order valence-electron chi connectivity index (χ2n) is 9.28. The monoisotopic (exact) mass is 552 g/mol. The first kappa shape index (κ1) is 27.8. The SMILES string of the molecule is O=C(OC[C@H]1O[C@H](OCc2ccccc2)[C@@H](OC(=O)c2ccccc2)[C@@H]1OC(=O)c1ccccc1)c1ccccc1. The van der Waals surface area contributed by atoms with Gasteiger partial charge in [0.15, 0.2) is 18.5 Å². The van der Waals surface area contributed by atoms with Gasteiger partial charge >= 0.3 is 17.9 Å². The molecule has 4 aromatic carbocycles. The van der Waals surface area contributed by atoms with Crippen LogP contribution in [-0.4, -0.2) is 49.1 Å². The summed E-state index contributed by atoms with van der Waals surface area (Å²) in [5.41, 5.74) is 1.82. The van der Waals surface area contributed by atoms with Crippen molar-refractivity contribution in [1.29, 1.82) is 0 Å². The molecule has 1 saturated heterocycles. The van der Waals surface area contributed by atoms with Gasteiger partial charge in [-0.3, -0.25) is 0 Å². The molecule has 0 N–H and O–H groups in total. The van der Waals surface area contributed by atoms with Crippen LogP contribution in [0.25, 0.3) is 0 Å². The van der Waals surface area contributed by atoms with Gasteiger partial charge in [0.25, 0.3) is 0 Å². The Morgan fingerprint density at radius 3 is 1.51 bits per heavy atom. The van der Waals surface area contributed by atoms with Gasteiger partial charge in [0.1, 0.15) is 12.7 Å². The molecule has 0 spiro atoms. The zero-order valence-corrected chi connectivity index (χ0v) is 22.0. The molecule has 208 valence electrons. The summed E-state index contributed by atoms with van der Waals surface area (Å²) in [5.74, 6) is -1.87. The third-order valence-electron chi connectivity index (χ3n) is 6.42. The number of rotatable bonds is 10. The van der Waals surface area contributed by atoms with Crippen LogP contribution in [0.5, 0.6) is 0 Å². The van der Waals surface area contributed by atoms with Gasteiger partial charge in [0.2, 0.25) is 0 Å². The Labute approximate surface area is 237 Å². The van der Waals surface area contributed by atoms with Gasteiger partial charge in [-0.1, -0.05) is 84.9 Å². The minimum Gasteiger partial charge on any atom is -0.459 e. The zero-order chi connectivity index (χ0) is 28.4. The molecule has 0 unspecified atom stereocenters. The number of benzene rings is 4. The van der Waals surface area contributed by atoms with Crippen LogP contribution in [0.2, 0.25) is 0 Å². The summed E-state index contributed by atoms with van der Waals surface area (Å²) in [5, 5.41) is 0. The maximum atomic E-state index is 13.1. The second kappa shape index (κ2) is 13.5. The van der Waals surface area contributed by atoms with Crippen molar-refractivity contribution >= 4 is 17.9 Å². The van der Waals surface area contributed by atoms with Crippen molar-refractivity contribution in [1.82, 2.24) is 0 Å².